The maximum absolute atomic E-state index is 12.4. The lowest BCUT2D eigenvalue weighted by atomic mass is 10.1. The standard InChI is InChI=1S/C32H45N2O2S.BrH/c1-3-4-5-6-7-8-9-10-11-12-23-36-32-15-13-14-29(25-32)20-21-34(28(2)35)31-18-16-30(17-19-31)26-33-22-24-37-27-33;/h13-19,22,24-25,27H,3-12,20-21,23,26H2,1-2H3;1H/q+1;/p-1. The lowest BCUT2D eigenvalue weighted by Gasteiger charge is -2.21. The second-order valence-corrected chi connectivity index (χ2v) is 10.7. The Morgan fingerprint density at radius 1 is 0.895 bits per heavy atom. The highest BCUT2D eigenvalue weighted by Gasteiger charge is 2.13. The summed E-state index contributed by atoms with van der Waals surface area (Å²) in [5, 5.41) is 2.07. The van der Waals surface area contributed by atoms with E-state index in [0.29, 0.717) is 6.54 Å². The van der Waals surface area contributed by atoms with Crippen LogP contribution in [0.5, 0.6) is 5.75 Å². The van der Waals surface area contributed by atoms with Crippen molar-refractivity contribution in [1.29, 1.82) is 0 Å². The number of halogens is 1. The normalized spacial score (nSPS) is 10.7. The number of hydrogen-bond donors (Lipinski definition) is 0. The molecule has 2 aromatic carbocycles. The minimum absolute atomic E-state index is 0. The van der Waals surface area contributed by atoms with Crippen molar-refractivity contribution >= 4 is 22.9 Å². The monoisotopic (exact) mass is 600 g/mol. The summed E-state index contributed by atoms with van der Waals surface area (Å²) in [6.45, 7) is 6.18. The molecule has 4 nitrogen and oxygen atoms in total. The molecule has 0 aliphatic heterocycles. The highest BCUT2D eigenvalue weighted by Crippen LogP contribution is 2.19. The number of amides is 1. The lowest BCUT2D eigenvalue weighted by Crippen LogP contribution is -3.00. The van der Waals surface area contributed by atoms with Crippen molar-refractivity contribution in [1.82, 2.24) is 0 Å². The van der Waals surface area contributed by atoms with Gasteiger partial charge in [0.15, 0.2) is 12.7 Å². The first-order valence-electron chi connectivity index (χ1n) is 14.2. The summed E-state index contributed by atoms with van der Waals surface area (Å²) >= 11 is 1.69. The van der Waals surface area contributed by atoms with E-state index in [2.05, 4.69) is 71.0 Å². The maximum Gasteiger partial charge on any atom is 0.224 e. The number of carbonyl (C=O) groups excluding carboxylic acids is 1. The van der Waals surface area contributed by atoms with Crippen LogP contribution in [0.2, 0.25) is 0 Å². The van der Waals surface area contributed by atoms with E-state index in [1.165, 1.54) is 68.9 Å². The maximum atomic E-state index is 12.4. The molecular formula is C32H45BrN2O2S. The fourth-order valence-electron chi connectivity index (χ4n) is 4.62. The molecule has 1 aromatic heterocycles. The molecule has 0 saturated carbocycles. The number of unbranched alkanes of at least 4 members (excludes halogenated alkanes) is 9. The van der Waals surface area contributed by atoms with Gasteiger partial charge in [0, 0.05) is 24.7 Å². The molecule has 0 aliphatic rings. The molecule has 0 atom stereocenters. The molecule has 1 amide bonds. The van der Waals surface area contributed by atoms with Crippen LogP contribution in [0.3, 0.4) is 0 Å². The summed E-state index contributed by atoms with van der Waals surface area (Å²) < 4.78 is 8.19. The number of ether oxygens (including phenoxy) is 1. The quantitative estimate of drug-likeness (QED) is 0.152. The smallest absolute Gasteiger partial charge is 0.224 e. The minimum Gasteiger partial charge on any atom is -1.00 e. The number of nitrogens with zero attached hydrogens (tertiary/aromatic N) is 2. The topological polar surface area (TPSA) is 33.4 Å². The van der Waals surface area contributed by atoms with Gasteiger partial charge in [-0.05, 0) is 42.7 Å². The molecule has 0 saturated heterocycles. The van der Waals surface area contributed by atoms with Crippen molar-refractivity contribution in [3.8, 4) is 5.75 Å². The third-order valence-corrected chi connectivity index (χ3v) is 7.48. The van der Waals surface area contributed by atoms with E-state index in [4.69, 9.17) is 4.74 Å². The van der Waals surface area contributed by atoms with E-state index in [0.717, 1.165) is 37.4 Å². The zero-order valence-electron chi connectivity index (χ0n) is 23.2. The van der Waals surface area contributed by atoms with Gasteiger partial charge < -0.3 is 26.6 Å². The van der Waals surface area contributed by atoms with E-state index in [-0.39, 0.29) is 22.9 Å². The van der Waals surface area contributed by atoms with Crippen LogP contribution in [0.1, 0.15) is 89.2 Å². The van der Waals surface area contributed by atoms with E-state index >= 15 is 0 Å². The number of carbonyl (C=O) groups is 1. The number of hydrogen-bond acceptors (Lipinski definition) is 3. The number of anilines is 1. The Morgan fingerprint density at radius 3 is 2.21 bits per heavy atom. The summed E-state index contributed by atoms with van der Waals surface area (Å²) in [4.78, 5) is 14.3. The second-order valence-electron chi connectivity index (χ2n) is 9.96. The number of benzene rings is 2. The molecular weight excluding hydrogens is 556 g/mol. The molecule has 0 radical (unpaired) electrons. The van der Waals surface area contributed by atoms with E-state index in [9.17, 15) is 4.79 Å². The van der Waals surface area contributed by atoms with Gasteiger partial charge >= 0.3 is 0 Å². The van der Waals surface area contributed by atoms with Gasteiger partial charge in [-0.25, -0.2) is 0 Å². The third-order valence-electron chi connectivity index (χ3n) is 6.81. The molecule has 0 N–H and O–H groups in total. The fraction of sp³-hybridized carbons (Fsp3) is 0.500. The molecule has 0 unspecified atom stereocenters. The van der Waals surface area contributed by atoms with Crippen LogP contribution in [0.15, 0.2) is 65.6 Å². The van der Waals surface area contributed by atoms with Crippen LogP contribution in [0.4, 0.5) is 5.69 Å². The molecule has 0 fully saturated rings. The zero-order valence-corrected chi connectivity index (χ0v) is 25.6. The van der Waals surface area contributed by atoms with Crippen LogP contribution in [-0.4, -0.2) is 19.1 Å². The second kappa shape index (κ2) is 19.0. The largest absolute Gasteiger partial charge is 1.00 e. The van der Waals surface area contributed by atoms with E-state index in [1.54, 1.807) is 18.3 Å². The Labute approximate surface area is 244 Å². The summed E-state index contributed by atoms with van der Waals surface area (Å²) in [6, 6.07) is 16.6. The third kappa shape index (κ3) is 12.1. The van der Waals surface area contributed by atoms with Crippen molar-refractivity contribution in [2.24, 2.45) is 0 Å². The van der Waals surface area contributed by atoms with Gasteiger partial charge in [0.05, 0.1) is 12.0 Å². The molecule has 3 rings (SSSR count). The van der Waals surface area contributed by atoms with Crippen LogP contribution in [0.25, 0.3) is 0 Å². The van der Waals surface area contributed by atoms with Crippen LogP contribution in [-0.2, 0) is 17.8 Å². The molecule has 0 spiro atoms. The summed E-state index contributed by atoms with van der Waals surface area (Å²) in [5.74, 6) is 0.992. The average Bonchev–Trinajstić information content (AvgIpc) is 3.41. The van der Waals surface area contributed by atoms with Gasteiger partial charge in [0.2, 0.25) is 11.4 Å². The highest BCUT2D eigenvalue weighted by molar-refractivity contribution is 7.07. The molecule has 6 heteroatoms. The Bertz CT molecular complexity index is 1020. The van der Waals surface area contributed by atoms with Crippen LogP contribution >= 0.6 is 11.3 Å². The molecule has 0 bridgehead atoms. The first-order chi connectivity index (χ1) is 18.2. The Morgan fingerprint density at radius 2 is 1.58 bits per heavy atom. The summed E-state index contributed by atoms with van der Waals surface area (Å²) in [5.41, 5.74) is 5.46. The average molecular weight is 602 g/mol. The molecule has 1 heterocycles. The van der Waals surface area contributed by atoms with Gasteiger partial charge in [-0.3, -0.25) is 4.79 Å². The van der Waals surface area contributed by atoms with Gasteiger partial charge in [-0.1, -0.05) is 100 Å². The summed E-state index contributed by atoms with van der Waals surface area (Å²) in [7, 11) is 0. The van der Waals surface area contributed by atoms with Crippen molar-refractivity contribution < 1.29 is 31.1 Å². The van der Waals surface area contributed by atoms with Crippen molar-refractivity contribution in [2.75, 3.05) is 18.1 Å². The van der Waals surface area contributed by atoms with Gasteiger partial charge in [-0.15, -0.1) is 0 Å². The Kier molecular flexibility index (Phi) is 16.0. The van der Waals surface area contributed by atoms with Crippen molar-refractivity contribution in [3.05, 3.63) is 76.7 Å². The fourth-order valence-corrected chi connectivity index (χ4v) is 5.22. The molecule has 38 heavy (non-hydrogen) atoms. The van der Waals surface area contributed by atoms with Gasteiger partial charge in [0.25, 0.3) is 0 Å². The van der Waals surface area contributed by atoms with E-state index < -0.39 is 0 Å². The van der Waals surface area contributed by atoms with E-state index in [1.807, 2.05) is 11.0 Å². The SMILES string of the molecule is CCCCCCCCCCCCOc1cccc(CCN(C(C)=O)c2ccc(C[n+]3ccsc3)cc2)c1.[Br-]. The predicted molar refractivity (Wildman–Crippen MR) is 156 cm³/mol. The number of rotatable bonds is 18. The summed E-state index contributed by atoms with van der Waals surface area (Å²) in [6.07, 6.45) is 16.2. The highest BCUT2D eigenvalue weighted by atomic mass is 79.9. The molecule has 3 aromatic rings. The number of thiazole rings is 1. The lowest BCUT2D eigenvalue weighted by molar-refractivity contribution is -0.683. The van der Waals surface area contributed by atoms with Gasteiger partial charge in [-0.2, -0.15) is 4.57 Å². The van der Waals surface area contributed by atoms with Crippen molar-refractivity contribution in [3.63, 3.8) is 0 Å². The zero-order chi connectivity index (χ0) is 26.1. The minimum atomic E-state index is 0. The number of aromatic nitrogens is 1. The Hall–Kier alpha value is -2.18. The molecule has 0 aliphatic carbocycles. The first kappa shape index (κ1) is 32.0. The predicted octanol–water partition coefficient (Wildman–Crippen LogP) is 4.98. The first-order valence-corrected chi connectivity index (χ1v) is 15.1. The Balaban J connectivity index is 0.00000507. The van der Waals surface area contributed by atoms with Crippen molar-refractivity contribution in [2.45, 2.75) is 91.0 Å². The van der Waals surface area contributed by atoms with Crippen LogP contribution in [0, 0.1) is 0 Å². The van der Waals surface area contributed by atoms with Crippen LogP contribution < -0.4 is 31.2 Å². The van der Waals surface area contributed by atoms with Gasteiger partial charge in [0.1, 0.15) is 5.75 Å². The molecule has 208 valence electrons.